The Hall–Kier alpha value is -1.27. The number of sulfonamides is 1. The van der Waals surface area contributed by atoms with E-state index in [0.29, 0.717) is 25.7 Å². The lowest BCUT2D eigenvalue weighted by molar-refractivity contribution is -0.110. The van der Waals surface area contributed by atoms with Gasteiger partial charge in [0.2, 0.25) is 10.0 Å². The minimum atomic E-state index is -3.76. The Morgan fingerprint density at radius 1 is 1.41 bits per heavy atom. The van der Waals surface area contributed by atoms with Crippen molar-refractivity contribution in [1.29, 1.82) is 0 Å². The summed E-state index contributed by atoms with van der Waals surface area (Å²) in [6.45, 7) is 0.308. The van der Waals surface area contributed by atoms with Crippen molar-refractivity contribution in [3.05, 3.63) is 30.1 Å². The van der Waals surface area contributed by atoms with Crippen LogP contribution in [0.4, 0.5) is 4.39 Å². The standard InChI is InChI=1S/C11H12FNO3S/c12-9-3-1-5-11(7-9)17(15,16)13-6-2-4-10(13)8-14/h1,3,5,7-8,10H,2,4,6H2/t10-/m0/s1. The molecule has 1 saturated heterocycles. The highest BCUT2D eigenvalue weighted by Crippen LogP contribution is 2.25. The van der Waals surface area contributed by atoms with E-state index in [1.807, 2.05) is 0 Å². The molecule has 1 aromatic carbocycles. The van der Waals surface area contributed by atoms with E-state index in [1.54, 1.807) is 0 Å². The zero-order valence-corrected chi connectivity index (χ0v) is 9.86. The average Bonchev–Trinajstić information content (AvgIpc) is 2.77. The lowest BCUT2D eigenvalue weighted by Gasteiger charge is -2.19. The molecule has 1 aliphatic heterocycles. The van der Waals surface area contributed by atoms with Gasteiger partial charge >= 0.3 is 0 Å². The van der Waals surface area contributed by atoms with Crippen LogP contribution in [0.2, 0.25) is 0 Å². The molecule has 1 fully saturated rings. The highest BCUT2D eigenvalue weighted by atomic mass is 32.2. The lowest BCUT2D eigenvalue weighted by Crippen LogP contribution is -2.36. The highest BCUT2D eigenvalue weighted by Gasteiger charge is 2.35. The topological polar surface area (TPSA) is 54.5 Å². The van der Waals surface area contributed by atoms with Crippen LogP contribution in [-0.2, 0) is 14.8 Å². The molecule has 6 heteroatoms. The molecule has 0 aromatic heterocycles. The summed E-state index contributed by atoms with van der Waals surface area (Å²) in [6.07, 6.45) is 1.81. The number of carbonyl (C=O) groups excluding carboxylic acids is 1. The van der Waals surface area contributed by atoms with Gasteiger partial charge in [0.15, 0.2) is 0 Å². The van der Waals surface area contributed by atoms with E-state index in [0.717, 1.165) is 10.4 Å². The number of nitrogens with zero attached hydrogens (tertiary/aromatic N) is 1. The fourth-order valence-corrected chi connectivity index (χ4v) is 3.63. The summed E-state index contributed by atoms with van der Waals surface area (Å²) in [6, 6.07) is 4.20. The van der Waals surface area contributed by atoms with Gasteiger partial charge in [0.1, 0.15) is 12.1 Å². The second-order valence-corrected chi connectivity index (χ2v) is 5.81. The first-order valence-corrected chi connectivity index (χ1v) is 6.72. The fraction of sp³-hybridized carbons (Fsp3) is 0.364. The van der Waals surface area contributed by atoms with Crippen LogP contribution >= 0.6 is 0 Å². The van der Waals surface area contributed by atoms with Crippen LogP contribution in [0.5, 0.6) is 0 Å². The van der Waals surface area contributed by atoms with Crippen LogP contribution in [-0.4, -0.2) is 31.6 Å². The fourth-order valence-electron chi connectivity index (χ4n) is 1.96. The number of hydrogen-bond acceptors (Lipinski definition) is 3. The van der Waals surface area contributed by atoms with E-state index in [-0.39, 0.29) is 4.90 Å². The molecule has 17 heavy (non-hydrogen) atoms. The van der Waals surface area contributed by atoms with Gasteiger partial charge in [-0.2, -0.15) is 4.31 Å². The molecule has 0 bridgehead atoms. The number of halogens is 1. The molecule has 2 rings (SSSR count). The van der Waals surface area contributed by atoms with Gasteiger partial charge in [-0.3, -0.25) is 0 Å². The maximum absolute atomic E-state index is 13.0. The van der Waals surface area contributed by atoms with Crippen LogP contribution in [0.1, 0.15) is 12.8 Å². The molecular formula is C11H12FNO3S. The Labute approximate surface area is 99.1 Å². The molecule has 0 N–H and O–H groups in total. The Morgan fingerprint density at radius 3 is 2.82 bits per heavy atom. The highest BCUT2D eigenvalue weighted by molar-refractivity contribution is 7.89. The predicted molar refractivity (Wildman–Crippen MR) is 59.4 cm³/mol. The molecule has 1 aliphatic rings. The van der Waals surface area contributed by atoms with Crippen molar-refractivity contribution in [3.8, 4) is 0 Å². The van der Waals surface area contributed by atoms with Crippen LogP contribution in [0.15, 0.2) is 29.2 Å². The first-order valence-electron chi connectivity index (χ1n) is 5.28. The SMILES string of the molecule is O=C[C@@H]1CCCN1S(=O)(=O)c1cccc(F)c1. The Kier molecular flexibility index (Phi) is 3.26. The molecule has 0 radical (unpaired) electrons. The molecule has 1 atom stereocenters. The van der Waals surface area contributed by atoms with E-state index in [4.69, 9.17) is 0 Å². The Balaban J connectivity index is 2.39. The van der Waals surface area contributed by atoms with E-state index in [2.05, 4.69) is 0 Å². The maximum atomic E-state index is 13.0. The quantitative estimate of drug-likeness (QED) is 0.764. The first-order chi connectivity index (χ1) is 8.05. The molecular weight excluding hydrogens is 245 g/mol. The summed E-state index contributed by atoms with van der Waals surface area (Å²) in [5.74, 6) is -0.604. The van der Waals surface area contributed by atoms with Crippen molar-refractivity contribution < 1.29 is 17.6 Å². The van der Waals surface area contributed by atoms with Gasteiger partial charge in [-0.15, -0.1) is 0 Å². The summed E-state index contributed by atoms with van der Waals surface area (Å²) in [5, 5.41) is 0. The molecule has 0 aliphatic carbocycles. The number of carbonyl (C=O) groups is 1. The molecule has 1 aromatic rings. The van der Waals surface area contributed by atoms with E-state index >= 15 is 0 Å². The second-order valence-electron chi connectivity index (χ2n) is 3.92. The molecule has 0 amide bonds. The van der Waals surface area contributed by atoms with Gasteiger partial charge < -0.3 is 4.79 Å². The van der Waals surface area contributed by atoms with Gasteiger partial charge in [0, 0.05) is 6.54 Å². The average molecular weight is 257 g/mol. The zero-order valence-electron chi connectivity index (χ0n) is 9.04. The number of rotatable bonds is 3. The van der Waals surface area contributed by atoms with Gasteiger partial charge in [0.25, 0.3) is 0 Å². The summed E-state index contributed by atoms with van der Waals surface area (Å²) >= 11 is 0. The van der Waals surface area contributed by atoms with Crippen LogP contribution in [0.3, 0.4) is 0 Å². The Morgan fingerprint density at radius 2 is 2.18 bits per heavy atom. The van der Waals surface area contributed by atoms with E-state index < -0.39 is 21.9 Å². The molecule has 4 nitrogen and oxygen atoms in total. The third-order valence-corrected chi connectivity index (χ3v) is 4.73. The minimum absolute atomic E-state index is 0.105. The minimum Gasteiger partial charge on any atom is -0.302 e. The van der Waals surface area contributed by atoms with Gasteiger partial charge in [-0.05, 0) is 31.0 Å². The normalized spacial score (nSPS) is 21.6. The van der Waals surface area contributed by atoms with Gasteiger partial charge in [0.05, 0.1) is 10.9 Å². The summed E-state index contributed by atoms with van der Waals surface area (Å²) in [4.78, 5) is 10.7. The predicted octanol–water partition coefficient (Wildman–Crippen LogP) is 1.18. The molecule has 0 saturated carbocycles. The summed E-state index contributed by atoms with van der Waals surface area (Å²) in [5.41, 5.74) is 0. The third-order valence-electron chi connectivity index (χ3n) is 2.81. The third kappa shape index (κ3) is 2.23. The van der Waals surface area contributed by atoms with Crippen LogP contribution < -0.4 is 0 Å². The number of benzene rings is 1. The van der Waals surface area contributed by atoms with Gasteiger partial charge in [-0.25, -0.2) is 12.8 Å². The van der Waals surface area contributed by atoms with Crippen LogP contribution in [0, 0.1) is 5.82 Å². The first kappa shape index (κ1) is 12.2. The van der Waals surface area contributed by atoms with Crippen molar-refractivity contribution in [2.24, 2.45) is 0 Å². The maximum Gasteiger partial charge on any atom is 0.243 e. The summed E-state index contributed by atoms with van der Waals surface area (Å²) in [7, 11) is -3.76. The molecule has 0 spiro atoms. The van der Waals surface area contributed by atoms with Gasteiger partial charge in [-0.1, -0.05) is 6.07 Å². The monoisotopic (exact) mass is 257 g/mol. The summed E-state index contributed by atoms with van der Waals surface area (Å²) < 4.78 is 38.5. The second kappa shape index (κ2) is 4.54. The Bertz CT molecular complexity index is 529. The van der Waals surface area contributed by atoms with Crippen molar-refractivity contribution in [1.82, 2.24) is 4.31 Å². The van der Waals surface area contributed by atoms with Crippen molar-refractivity contribution in [2.75, 3.05) is 6.54 Å². The zero-order chi connectivity index (χ0) is 12.5. The lowest BCUT2D eigenvalue weighted by atomic mass is 10.2. The van der Waals surface area contributed by atoms with E-state index in [9.17, 15) is 17.6 Å². The largest absolute Gasteiger partial charge is 0.302 e. The van der Waals surface area contributed by atoms with Crippen molar-refractivity contribution in [3.63, 3.8) is 0 Å². The van der Waals surface area contributed by atoms with Crippen molar-refractivity contribution >= 4 is 16.3 Å². The van der Waals surface area contributed by atoms with E-state index in [1.165, 1.54) is 18.2 Å². The molecule has 1 heterocycles. The molecule has 92 valence electrons. The smallest absolute Gasteiger partial charge is 0.243 e. The van der Waals surface area contributed by atoms with Crippen molar-refractivity contribution in [2.45, 2.75) is 23.8 Å². The number of hydrogen-bond donors (Lipinski definition) is 0. The number of aldehydes is 1. The van der Waals surface area contributed by atoms with Crippen LogP contribution in [0.25, 0.3) is 0 Å². The molecule has 0 unspecified atom stereocenters.